The number of rotatable bonds is 10. The topological polar surface area (TPSA) is 61.2 Å². The quantitative estimate of drug-likeness (QED) is 0.385. The zero-order valence-electron chi connectivity index (χ0n) is 16.4. The van der Waals surface area contributed by atoms with E-state index < -0.39 is 15.4 Å². The molecule has 1 unspecified atom stereocenters. The molecule has 2 aromatic carbocycles. The average molecular weight is 419 g/mol. The second kappa shape index (κ2) is 10.6. The predicted molar refractivity (Wildman–Crippen MR) is 114 cm³/mol. The first kappa shape index (κ1) is 22.4. The molecule has 0 fully saturated rings. The highest BCUT2D eigenvalue weighted by Crippen LogP contribution is 2.26. The minimum absolute atomic E-state index is 0.207. The highest BCUT2D eigenvalue weighted by atomic mass is 35.5. The van der Waals surface area contributed by atoms with Gasteiger partial charge in [0.25, 0.3) is 0 Å². The van der Waals surface area contributed by atoms with Gasteiger partial charge in [0, 0.05) is 19.5 Å². The third-order valence-electron chi connectivity index (χ3n) is 4.66. The van der Waals surface area contributed by atoms with Gasteiger partial charge in [-0.15, -0.1) is 11.6 Å². The SMILES string of the molecule is Cc1ccc(C(Cl)CN(CCCCCC#N)S(=O)(=O)c2ccc(C)cc2)cc1. The fourth-order valence-electron chi connectivity index (χ4n) is 2.90. The number of unbranched alkanes of at least 4 members (excludes halogenated alkanes) is 3. The Morgan fingerprint density at radius 1 is 0.964 bits per heavy atom. The second-order valence-corrected chi connectivity index (χ2v) is 9.49. The standard InChI is InChI=1S/C22H27ClN2O2S/c1-18-7-11-20(12-8-18)22(23)17-25(16-6-4-3-5-15-24)28(26,27)21-13-9-19(2)10-14-21/h7-14,22H,3-6,16-17H2,1-2H3. The zero-order valence-corrected chi connectivity index (χ0v) is 18.0. The number of nitriles is 1. The van der Waals surface area contributed by atoms with Gasteiger partial charge in [0.15, 0.2) is 0 Å². The van der Waals surface area contributed by atoms with Gasteiger partial charge in [0.2, 0.25) is 10.0 Å². The molecule has 0 spiro atoms. The Kier molecular flexibility index (Phi) is 8.50. The van der Waals surface area contributed by atoms with Crippen molar-refractivity contribution in [2.24, 2.45) is 0 Å². The molecule has 28 heavy (non-hydrogen) atoms. The highest BCUT2D eigenvalue weighted by molar-refractivity contribution is 7.89. The molecule has 4 nitrogen and oxygen atoms in total. The first-order chi connectivity index (χ1) is 13.3. The summed E-state index contributed by atoms with van der Waals surface area (Å²) in [7, 11) is -3.64. The van der Waals surface area contributed by atoms with E-state index in [9.17, 15) is 8.42 Å². The van der Waals surface area contributed by atoms with Gasteiger partial charge < -0.3 is 0 Å². The van der Waals surface area contributed by atoms with Crippen LogP contribution in [0.15, 0.2) is 53.4 Å². The number of alkyl halides is 1. The number of hydrogen-bond acceptors (Lipinski definition) is 3. The van der Waals surface area contributed by atoms with Crippen molar-refractivity contribution < 1.29 is 8.42 Å². The molecule has 2 rings (SSSR count). The van der Waals surface area contributed by atoms with Gasteiger partial charge in [-0.05, 0) is 44.4 Å². The lowest BCUT2D eigenvalue weighted by Gasteiger charge is -2.25. The van der Waals surface area contributed by atoms with Crippen LogP contribution >= 0.6 is 11.6 Å². The van der Waals surface area contributed by atoms with Crippen LogP contribution in [0, 0.1) is 25.2 Å². The van der Waals surface area contributed by atoms with Crippen molar-refractivity contribution in [2.75, 3.05) is 13.1 Å². The number of nitrogens with zero attached hydrogens (tertiary/aromatic N) is 2. The molecule has 0 bridgehead atoms. The monoisotopic (exact) mass is 418 g/mol. The summed E-state index contributed by atoms with van der Waals surface area (Å²) in [6.07, 6.45) is 2.78. The van der Waals surface area contributed by atoms with Gasteiger partial charge in [-0.25, -0.2) is 8.42 Å². The molecule has 0 aliphatic carbocycles. The van der Waals surface area contributed by atoms with Crippen LogP contribution in [0.3, 0.4) is 0 Å². The van der Waals surface area contributed by atoms with Gasteiger partial charge >= 0.3 is 0 Å². The number of benzene rings is 2. The Hall–Kier alpha value is -1.87. The Balaban J connectivity index is 2.19. The molecule has 0 saturated carbocycles. The summed E-state index contributed by atoms with van der Waals surface area (Å²) in [4.78, 5) is 0.280. The minimum Gasteiger partial charge on any atom is -0.207 e. The van der Waals surface area contributed by atoms with Gasteiger partial charge in [-0.3, -0.25) is 0 Å². The first-order valence-electron chi connectivity index (χ1n) is 9.49. The van der Waals surface area contributed by atoms with E-state index in [1.165, 1.54) is 4.31 Å². The molecule has 0 amide bonds. The number of aryl methyl sites for hydroxylation is 2. The van der Waals surface area contributed by atoms with Crippen molar-refractivity contribution in [2.45, 2.75) is 49.8 Å². The fourth-order valence-corrected chi connectivity index (χ4v) is 4.78. The lowest BCUT2D eigenvalue weighted by Crippen LogP contribution is -2.34. The van der Waals surface area contributed by atoms with Crippen LogP contribution < -0.4 is 0 Å². The van der Waals surface area contributed by atoms with E-state index >= 15 is 0 Å². The normalized spacial score (nSPS) is 12.7. The van der Waals surface area contributed by atoms with Crippen molar-refractivity contribution in [3.8, 4) is 6.07 Å². The summed E-state index contributed by atoms with van der Waals surface area (Å²) in [5.41, 5.74) is 3.05. The van der Waals surface area contributed by atoms with E-state index in [1.807, 2.05) is 38.1 Å². The fraction of sp³-hybridized carbons (Fsp3) is 0.409. The molecule has 2 aromatic rings. The Morgan fingerprint density at radius 3 is 2.11 bits per heavy atom. The van der Waals surface area contributed by atoms with E-state index in [2.05, 4.69) is 6.07 Å². The third-order valence-corrected chi connectivity index (χ3v) is 6.93. The van der Waals surface area contributed by atoms with Crippen molar-refractivity contribution >= 4 is 21.6 Å². The van der Waals surface area contributed by atoms with Crippen molar-refractivity contribution in [3.63, 3.8) is 0 Å². The van der Waals surface area contributed by atoms with Crippen LogP contribution in [0.25, 0.3) is 0 Å². The van der Waals surface area contributed by atoms with E-state index in [1.54, 1.807) is 24.3 Å². The summed E-state index contributed by atoms with van der Waals surface area (Å²) >= 11 is 6.59. The van der Waals surface area contributed by atoms with Gasteiger partial charge in [0.1, 0.15) is 0 Å². The van der Waals surface area contributed by atoms with Crippen LogP contribution in [0.5, 0.6) is 0 Å². The molecule has 0 aromatic heterocycles. The van der Waals surface area contributed by atoms with E-state index in [4.69, 9.17) is 16.9 Å². The molecule has 0 N–H and O–H groups in total. The molecule has 0 heterocycles. The lowest BCUT2D eigenvalue weighted by molar-refractivity contribution is 0.397. The maximum Gasteiger partial charge on any atom is 0.243 e. The van der Waals surface area contributed by atoms with E-state index in [0.29, 0.717) is 19.4 Å². The predicted octanol–water partition coefficient (Wildman–Crippen LogP) is 5.36. The second-order valence-electron chi connectivity index (χ2n) is 7.02. The van der Waals surface area contributed by atoms with Gasteiger partial charge in [-0.1, -0.05) is 53.9 Å². The van der Waals surface area contributed by atoms with E-state index in [0.717, 1.165) is 29.5 Å². The number of hydrogen-bond donors (Lipinski definition) is 0. The molecule has 6 heteroatoms. The number of sulfonamides is 1. The molecule has 0 radical (unpaired) electrons. The first-order valence-corrected chi connectivity index (χ1v) is 11.4. The largest absolute Gasteiger partial charge is 0.243 e. The van der Waals surface area contributed by atoms with Crippen LogP contribution in [-0.2, 0) is 10.0 Å². The smallest absolute Gasteiger partial charge is 0.207 e. The maximum atomic E-state index is 13.2. The minimum atomic E-state index is -3.64. The molecule has 0 aliphatic heterocycles. The summed E-state index contributed by atoms with van der Waals surface area (Å²) < 4.78 is 27.9. The van der Waals surface area contributed by atoms with Crippen LogP contribution in [-0.4, -0.2) is 25.8 Å². The zero-order chi connectivity index (χ0) is 20.6. The summed E-state index contributed by atoms with van der Waals surface area (Å²) in [5.74, 6) is 0. The van der Waals surface area contributed by atoms with Gasteiger partial charge in [0.05, 0.1) is 16.3 Å². The summed E-state index contributed by atoms with van der Waals surface area (Å²) in [5, 5.41) is 8.24. The molecule has 150 valence electrons. The third kappa shape index (κ3) is 6.34. The van der Waals surface area contributed by atoms with Crippen LogP contribution in [0.4, 0.5) is 0 Å². The summed E-state index contributed by atoms with van der Waals surface area (Å²) in [6, 6.07) is 16.8. The number of halogens is 1. The van der Waals surface area contributed by atoms with Crippen LogP contribution in [0.1, 0.15) is 47.8 Å². The van der Waals surface area contributed by atoms with Crippen LogP contribution in [0.2, 0.25) is 0 Å². The molecular formula is C22H27ClN2O2S. The molecule has 0 aliphatic rings. The highest BCUT2D eigenvalue weighted by Gasteiger charge is 2.26. The van der Waals surface area contributed by atoms with Crippen molar-refractivity contribution in [3.05, 3.63) is 65.2 Å². The lowest BCUT2D eigenvalue weighted by atomic mass is 10.1. The molecule has 1 atom stereocenters. The Morgan fingerprint density at radius 2 is 1.54 bits per heavy atom. The van der Waals surface area contributed by atoms with Gasteiger partial charge in [-0.2, -0.15) is 9.57 Å². The average Bonchev–Trinajstić information content (AvgIpc) is 2.67. The van der Waals surface area contributed by atoms with E-state index in [-0.39, 0.29) is 11.4 Å². The maximum absolute atomic E-state index is 13.2. The Bertz CT molecular complexity index is 888. The van der Waals surface area contributed by atoms with Crippen molar-refractivity contribution in [1.82, 2.24) is 4.31 Å². The summed E-state index contributed by atoms with van der Waals surface area (Å²) in [6.45, 7) is 4.52. The molecule has 0 saturated heterocycles. The van der Waals surface area contributed by atoms with Crippen molar-refractivity contribution in [1.29, 1.82) is 5.26 Å². The molecular weight excluding hydrogens is 392 g/mol. The Labute approximate surface area is 173 Å².